The van der Waals surface area contributed by atoms with Crippen LogP contribution in [0.1, 0.15) is 29.8 Å². The number of ketones is 1. The normalized spacial score (nSPS) is 10.1. The van der Waals surface area contributed by atoms with Crippen molar-refractivity contribution >= 4 is 21.7 Å². The van der Waals surface area contributed by atoms with E-state index in [0.717, 1.165) is 5.56 Å². The highest BCUT2D eigenvalue weighted by atomic mass is 79.9. The predicted octanol–water partition coefficient (Wildman–Crippen LogP) is 3.37. The van der Waals surface area contributed by atoms with E-state index in [9.17, 15) is 4.79 Å². The van der Waals surface area contributed by atoms with Gasteiger partial charge in [-0.3, -0.25) is 4.79 Å². The summed E-state index contributed by atoms with van der Waals surface area (Å²) >= 11 is 3.18. The number of ether oxygens (including phenoxy) is 2. The molecule has 0 aliphatic rings. The largest absolute Gasteiger partial charge is 0.490 e. The van der Waals surface area contributed by atoms with Crippen LogP contribution in [0.15, 0.2) is 12.1 Å². The summed E-state index contributed by atoms with van der Waals surface area (Å²) in [5, 5.41) is 0.313. The standard InChI is InChI=1S/C13H17BrO3/c1-4-16-12-6-9(3)10(11(15)8-14)7-13(12)17-5-2/h6-7H,4-5,8H2,1-3H3. The molecule has 0 saturated carbocycles. The molecule has 0 spiro atoms. The highest BCUT2D eigenvalue weighted by molar-refractivity contribution is 9.09. The first-order chi connectivity index (χ1) is 8.13. The van der Waals surface area contributed by atoms with Crippen molar-refractivity contribution < 1.29 is 14.3 Å². The SMILES string of the molecule is CCOc1cc(C)c(C(=O)CBr)cc1OCC. The Kier molecular flexibility index (Phi) is 5.48. The second-order valence-electron chi connectivity index (χ2n) is 3.54. The average molecular weight is 301 g/mol. The molecule has 0 atom stereocenters. The van der Waals surface area contributed by atoms with Crippen LogP contribution in [0.4, 0.5) is 0 Å². The van der Waals surface area contributed by atoms with E-state index in [2.05, 4.69) is 15.9 Å². The minimum atomic E-state index is 0.0477. The van der Waals surface area contributed by atoms with Crippen molar-refractivity contribution in [2.75, 3.05) is 18.5 Å². The third-order valence-electron chi connectivity index (χ3n) is 2.31. The maximum Gasteiger partial charge on any atom is 0.173 e. The monoisotopic (exact) mass is 300 g/mol. The fraction of sp³-hybridized carbons (Fsp3) is 0.462. The molecular weight excluding hydrogens is 284 g/mol. The zero-order valence-corrected chi connectivity index (χ0v) is 12.0. The Morgan fingerprint density at radius 3 is 2.18 bits per heavy atom. The van der Waals surface area contributed by atoms with Gasteiger partial charge < -0.3 is 9.47 Å². The third-order valence-corrected chi connectivity index (χ3v) is 2.82. The molecule has 17 heavy (non-hydrogen) atoms. The van der Waals surface area contributed by atoms with E-state index in [0.29, 0.717) is 35.6 Å². The van der Waals surface area contributed by atoms with E-state index < -0.39 is 0 Å². The molecule has 0 N–H and O–H groups in total. The van der Waals surface area contributed by atoms with E-state index in [1.165, 1.54) is 0 Å². The van der Waals surface area contributed by atoms with Gasteiger partial charge in [0.2, 0.25) is 0 Å². The second kappa shape index (κ2) is 6.64. The van der Waals surface area contributed by atoms with Gasteiger partial charge in [0, 0.05) is 5.56 Å². The highest BCUT2D eigenvalue weighted by Gasteiger charge is 2.14. The molecule has 3 nitrogen and oxygen atoms in total. The Labute approximate surface area is 110 Å². The molecule has 0 unspecified atom stereocenters. The lowest BCUT2D eigenvalue weighted by molar-refractivity contribution is 0.102. The molecule has 1 aromatic rings. The quantitative estimate of drug-likeness (QED) is 0.597. The molecule has 4 heteroatoms. The maximum atomic E-state index is 11.7. The summed E-state index contributed by atoms with van der Waals surface area (Å²) in [4.78, 5) is 11.7. The summed E-state index contributed by atoms with van der Waals surface area (Å²) < 4.78 is 11.0. The number of carbonyl (C=O) groups is 1. The number of hydrogen-bond donors (Lipinski definition) is 0. The van der Waals surface area contributed by atoms with Gasteiger partial charge in [-0.15, -0.1) is 0 Å². The van der Waals surface area contributed by atoms with E-state index in [1.807, 2.05) is 26.8 Å². The number of hydrogen-bond acceptors (Lipinski definition) is 3. The number of alkyl halides is 1. The number of rotatable bonds is 6. The Morgan fingerprint density at radius 1 is 1.18 bits per heavy atom. The minimum Gasteiger partial charge on any atom is -0.490 e. The maximum absolute atomic E-state index is 11.7. The molecular formula is C13H17BrO3. The molecule has 94 valence electrons. The molecule has 0 aliphatic carbocycles. The fourth-order valence-electron chi connectivity index (χ4n) is 1.57. The molecule has 1 rings (SSSR count). The van der Waals surface area contributed by atoms with Gasteiger partial charge in [0.05, 0.1) is 18.5 Å². The van der Waals surface area contributed by atoms with Gasteiger partial charge in [0.25, 0.3) is 0 Å². The zero-order chi connectivity index (χ0) is 12.8. The van der Waals surface area contributed by atoms with Crippen molar-refractivity contribution in [3.8, 4) is 11.5 Å². The molecule has 0 bridgehead atoms. The topological polar surface area (TPSA) is 35.5 Å². The van der Waals surface area contributed by atoms with Crippen molar-refractivity contribution in [2.45, 2.75) is 20.8 Å². The first kappa shape index (κ1) is 14.0. The summed E-state index contributed by atoms with van der Waals surface area (Å²) in [6, 6.07) is 3.61. The summed E-state index contributed by atoms with van der Waals surface area (Å²) in [5.41, 5.74) is 1.58. The van der Waals surface area contributed by atoms with Crippen molar-refractivity contribution in [1.82, 2.24) is 0 Å². The van der Waals surface area contributed by atoms with Crippen LogP contribution in [-0.4, -0.2) is 24.3 Å². The summed E-state index contributed by atoms with van der Waals surface area (Å²) in [5.74, 6) is 1.37. The lowest BCUT2D eigenvalue weighted by atomic mass is 10.0. The number of aryl methyl sites for hydroxylation is 1. The van der Waals surface area contributed by atoms with Gasteiger partial charge in [0.15, 0.2) is 17.3 Å². The predicted molar refractivity (Wildman–Crippen MR) is 71.6 cm³/mol. The van der Waals surface area contributed by atoms with Crippen molar-refractivity contribution in [2.24, 2.45) is 0 Å². The van der Waals surface area contributed by atoms with Crippen LogP contribution in [0.3, 0.4) is 0 Å². The van der Waals surface area contributed by atoms with Gasteiger partial charge in [0.1, 0.15) is 0 Å². The smallest absolute Gasteiger partial charge is 0.173 e. The van der Waals surface area contributed by atoms with Crippen LogP contribution in [-0.2, 0) is 0 Å². The Hall–Kier alpha value is -1.03. The highest BCUT2D eigenvalue weighted by Crippen LogP contribution is 2.31. The van der Waals surface area contributed by atoms with Crippen LogP contribution < -0.4 is 9.47 Å². The summed E-state index contributed by atoms with van der Waals surface area (Å²) in [6.07, 6.45) is 0. The lowest BCUT2D eigenvalue weighted by Gasteiger charge is -2.13. The molecule has 0 aliphatic heterocycles. The average Bonchev–Trinajstić information content (AvgIpc) is 2.32. The summed E-state index contributed by atoms with van der Waals surface area (Å²) in [6.45, 7) is 6.84. The van der Waals surface area contributed by atoms with Crippen molar-refractivity contribution in [1.29, 1.82) is 0 Å². The number of carbonyl (C=O) groups excluding carboxylic acids is 1. The van der Waals surface area contributed by atoms with E-state index in [-0.39, 0.29) is 5.78 Å². The molecule has 0 saturated heterocycles. The van der Waals surface area contributed by atoms with Crippen LogP contribution in [0.25, 0.3) is 0 Å². The third kappa shape index (κ3) is 3.46. The zero-order valence-electron chi connectivity index (χ0n) is 10.4. The molecule has 0 amide bonds. The first-order valence-corrected chi connectivity index (χ1v) is 6.75. The molecule has 1 aromatic carbocycles. The Morgan fingerprint density at radius 2 is 1.71 bits per heavy atom. The van der Waals surface area contributed by atoms with E-state index >= 15 is 0 Å². The van der Waals surface area contributed by atoms with Gasteiger partial charge in [-0.2, -0.15) is 0 Å². The van der Waals surface area contributed by atoms with Crippen LogP contribution in [0, 0.1) is 6.92 Å². The van der Waals surface area contributed by atoms with Gasteiger partial charge in [-0.25, -0.2) is 0 Å². The van der Waals surface area contributed by atoms with Gasteiger partial charge in [-0.05, 0) is 38.5 Å². The molecule has 0 aromatic heterocycles. The van der Waals surface area contributed by atoms with Gasteiger partial charge in [-0.1, -0.05) is 15.9 Å². The number of halogens is 1. The van der Waals surface area contributed by atoms with Crippen LogP contribution in [0.2, 0.25) is 0 Å². The Balaban J connectivity index is 3.18. The van der Waals surface area contributed by atoms with Crippen LogP contribution >= 0.6 is 15.9 Å². The Bertz CT molecular complexity index is 402. The van der Waals surface area contributed by atoms with E-state index in [1.54, 1.807) is 6.07 Å². The number of benzene rings is 1. The fourth-order valence-corrected chi connectivity index (χ4v) is 1.87. The summed E-state index contributed by atoms with van der Waals surface area (Å²) in [7, 11) is 0. The molecule has 0 radical (unpaired) electrons. The molecule has 0 heterocycles. The lowest BCUT2D eigenvalue weighted by Crippen LogP contribution is -2.06. The van der Waals surface area contributed by atoms with Crippen molar-refractivity contribution in [3.63, 3.8) is 0 Å². The van der Waals surface area contributed by atoms with Crippen molar-refractivity contribution in [3.05, 3.63) is 23.3 Å². The van der Waals surface area contributed by atoms with Crippen LogP contribution in [0.5, 0.6) is 11.5 Å². The van der Waals surface area contributed by atoms with E-state index in [4.69, 9.17) is 9.47 Å². The first-order valence-electron chi connectivity index (χ1n) is 5.63. The minimum absolute atomic E-state index is 0.0477. The molecule has 0 fully saturated rings. The second-order valence-corrected chi connectivity index (χ2v) is 4.10. The number of Topliss-reactive ketones (excluding diaryl/α,β-unsaturated/α-hetero) is 1. The van der Waals surface area contributed by atoms with Gasteiger partial charge >= 0.3 is 0 Å².